The predicted octanol–water partition coefficient (Wildman–Crippen LogP) is 2.19. The highest BCUT2D eigenvalue weighted by molar-refractivity contribution is 6.33. The van der Waals surface area contributed by atoms with Crippen LogP contribution in [0.2, 0.25) is 10.3 Å². The van der Waals surface area contributed by atoms with E-state index in [9.17, 15) is 0 Å². The van der Waals surface area contributed by atoms with Crippen LogP contribution in [0, 0.1) is 0 Å². The van der Waals surface area contributed by atoms with Crippen molar-refractivity contribution in [3.05, 3.63) is 40.4 Å². The van der Waals surface area contributed by atoms with Gasteiger partial charge in [0.15, 0.2) is 10.3 Å². The van der Waals surface area contributed by atoms with Crippen LogP contribution in [0.3, 0.4) is 0 Å². The molecule has 1 N–H and O–H groups in total. The molecule has 0 aromatic carbocycles. The zero-order valence-electron chi connectivity index (χ0n) is 8.06. The first-order valence-electron chi connectivity index (χ1n) is 4.45. The summed E-state index contributed by atoms with van der Waals surface area (Å²) < 4.78 is 0. The van der Waals surface area contributed by atoms with E-state index in [-0.39, 0.29) is 10.3 Å². The maximum Gasteiger partial charge on any atom is 0.174 e. The molecule has 0 aliphatic rings. The predicted molar refractivity (Wildman–Crippen MR) is 61.4 cm³/mol. The molecule has 5 nitrogen and oxygen atoms in total. The Morgan fingerprint density at radius 1 is 1.19 bits per heavy atom. The monoisotopic (exact) mass is 255 g/mol. The Hall–Kier alpha value is -1.46. The SMILES string of the molecule is Clc1cc(NCc2cccnn2)c(Cl)nn1. The molecule has 2 aromatic rings. The Balaban J connectivity index is 2.08. The quantitative estimate of drug-likeness (QED) is 0.911. The Labute approximate surface area is 102 Å². The van der Waals surface area contributed by atoms with Crippen LogP contribution in [0.4, 0.5) is 5.69 Å². The molecule has 16 heavy (non-hydrogen) atoms. The zero-order valence-corrected chi connectivity index (χ0v) is 9.57. The van der Waals surface area contributed by atoms with Gasteiger partial charge in [-0.3, -0.25) is 0 Å². The van der Waals surface area contributed by atoms with Gasteiger partial charge >= 0.3 is 0 Å². The molecule has 0 saturated heterocycles. The van der Waals surface area contributed by atoms with Crippen molar-refractivity contribution in [1.29, 1.82) is 0 Å². The molecule has 0 bridgehead atoms. The Bertz CT molecular complexity index is 477. The van der Waals surface area contributed by atoms with Crippen molar-refractivity contribution in [2.24, 2.45) is 0 Å². The van der Waals surface area contributed by atoms with Gasteiger partial charge < -0.3 is 5.32 Å². The van der Waals surface area contributed by atoms with Gasteiger partial charge in [0, 0.05) is 12.3 Å². The van der Waals surface area contributed by atoms with Crippen LogP contribution >= 0.6 is 23.2 Å². The third-order valence-corrected chi connectivity index (χ3v) is 2.27. The van der Waals surface area contributed by atoms with Crippen LogP contribution in [0.25, 0.3) is 0 Å². The summed E-state index contributed by atoms with van der Waals surface area (Å²) in [4.78, 5) is 0. The number of nitrogens with one attached hydrogen (secondary N) is 1. The van der Waals surface area contributed by atoms with E-state index >= 15 is 0 Å². The molecule has 0 aliphatic carbocycles. The van der Waals surface area contributed by atoms with Crippen LogP contribution in [0.5, 0.6) is 0 Å². The van der Waals surface area contributed by atoms with Crippen molar-refractivity contribution >= 4 is 28.9 Å². The smallest absolute Gasteiger partial charge is 0.174 e. The molecule has 0 fully saturated rings. The maximum atomic E-state index is 5.83. The first-order valence-corrected chi connectivity index (χ1v) is 5.20. The topological polar surface area (TPSA) is 63.6 Å². The first-order chi connectivity index (χ1) is 7.75. The minimum atomic E-state index is 0.272. The highest BCUT2D eigenvalue weighted by atomic mass is 35.5. The minimum absolute atomic E-state index is 0.272. The highest BCUT2D eigenvalue weighted by Gasteiger charge is 2.03. The first kappa shape index (κ1) is 11.0. The summed E-state index contributed by atoms with van der Waals surface area (Å²) in [6.07, 6.45) is 1.61. The van der Waals surface area contributed by atoms with E-state index in [1.807, 2.05) is 12.1 Å². The fourth-order valence-corrected chi connectivity index (χ4v) is 1.40. The second kappa shape index (κ2) is 5.05. The molecule has 2 aromatic heterocycles. The van der Waals surface area contributed by atoms with Gasteiger partial charge in [0.2, 0.25) is 0 Å². The third kappa shape index (κ3) is 2.77. The number of anilines is 1. The number of halogens is 2. The molecule has 0 spiro atoms. The highest BCUT2D eigenvalue weighted by Crippen LogP contribution is 2.20. The van der Waals surface area contributed by atoms with E-state index < -0.39 is 0 Å². The van der Waals surface area contributed by atoms with Crippen LogP contribution in [-0.4, -0.2) is 20.4 Å². The Morgan fingerprint density at radius 3 is 2.81 bits per heavy atom. The normalized spacial score (nSPS) is 10.1. The molecule has 0 unspecified atom stereocenters. The van der Waals surface area contributed by atoms with Gasteiger partial charge in [0.05, 0.1) is 17.9 Å². The van der Waals surface area contributed by atoms with Gasteiger partial charge in [-0.1, -0.05) is 23.2 Å². The summed E-state index contributed by atoms with van der Waals surface area (Å²) in [5.74, 6) is 0. The van der Waals surface area contributed by atoms with Gasteiger partial charge in [0.25, 0.3) is 0 Å². The maximum absolute atomic E-state index is 5.83. The Morgan fingerprint density at radius 2 is 2.06 bits per heavy atom. The van der Waals surface area contributed by atoms with Gasteiger partial charge in [-0.15, -0.1) is 10.2 Å². The lowest BCUT2D eigenvalue weighted by atomic mass is 10.3. The average molecular weight is 256 g/mol. The molecule has 0 radical (unpaired) electrons. The van der Waals surface area contributed by atoms with Crippen LogP contribution < -0.4 is 5.32 Å². The second-order valence-corrected chi connectivity index (χ2v) is 3.69. The van der Waals surface area contributed by atoms with Crippen LogP contribution in [-0.2, 0) is 6.54 Å². The fourth-order valence-electron chi connectivity index (χ4n) is 1.09. The zero-order chi connectivity index (χ0) is 11.4. The molecule has 0 amide bonds. The van der Waals surface area contributed by atoms with Crippen molar-refractivity contribution in [3.8, 4) is 0 Å². The van der Waals surface area contributed by atoms with E-state index in [1.165, 1.54) is 0 Å². The fraction of sp³-hybridized carbons (Fsp3) is 0.111. The van der Waals surface area contributed by atoms with Crippen molar-refractivity contribution in [3.63, 3.8) is 0 Å². The summed E-state index contributed by atoms with van der Waals surface area (Å²) in [5, 5.41) is 18.6. The van der Waals surface area contributed by atoms with Crippen LogP contribution in [0.1, 0.15) is 5.69 Å². The van der Waals surface area contributed by atoms with E-state index in [4.69, 9.17) is 23.2 Å². The van der Waals surface area contributed by atoms with Gasteiger partial charge in [0.1, 0.15) is 0 Å². The number of hydrogen-bond acceptors (Lipinski definition) is 5. The number of hydrogen-bond donors (Lipinski definition) is 1. The van der Waals surface area contributed by atoms with Crippen molar-refractivity contribution in [2.75, 3.05) is 5.32 Å². The second-order valence-electron chi connectivity index (χ2n) is 2.94. The van der Waals surface area contributed by atoms with Gasteiger partial charge in [-0.05, 0) is 12.1 Å². The molecule has 7 heteroatoms. The lowest BCUT2D eigenvalue weighted by Gasteiger charge is -2.06. The van der Waals surface area contributed by atoms with E-state index in [0.717, 1.165) is 5.69 Å². The molecular formula is C9H7Cl2N5. The largest absolute Gasteiger partial charge is 0.377 e. The molecule has 2 heterocycles. The summed E-state index contributed by atoms with van der Waals surface area (Å²) in [7, 11) is 0. The van der Waals surface area contributed by atoms with Gasteiger partial charge in [-0.2, -0.15) is 10.2 Å². The lowest BCUT2D eigenvalue weighted by molar-refractivity contribution is 0.921. The summed E-state index contributed by atoms with van der Waals surface area (Å²) in [6, 6.07) is 5.26. The number of nitrogens with zero attached hydrogens (tertiary/aromatic N) is 4. The van der Waals surface area contributed by atoms with Crippen molar-refractivity contribution < 1.29 is 0 Å². The lowest BCUT2D eigenvalue weighted by Crippen LogP contribution is -2.03. The average Bonchev–Trinajstić information content (AvgIpc) is 2.32. The Kier molecular flexibility index (Phi) is 3.48. The third-order valence-electron chi connectivity index (χ3n) is 1.81. The molecule has 0 aliphatic heterocycles. The van der Waals surface area contributed by atoms with Crippen molar-refractivity contribution in [2.45, 2.75) is 6.54 Å². The molecule has 82 valence electrons. The summed E-state index contributed by atoms with van der Waals surface area (Å²) in [6.45, 7) is 0.496. The van der Waals surface area contributed by atoms with Gasteiger partial charge in [-0.25, -0.2) is 0 Å². The minimum Gasteiger partial charge on any atom is -0.377 e. The summed E-state index contributed by atoms with van der Waals surface area (Å²) in [5.41, 5.74) is 1.42. The number of aromatic nitrogens is 4. The molecule has 2 rings (SSSR count). The molecular weight excluding hydrogens is 249 g/mol. The standard InChI is InChI=1S/C9H7Cl2N5/c10-8-4-7(9(11)16-15-8)12-5-6-2-1-3-13-14-6/h1-4H,5H2,(H,12,15). The van der Waals surface area contributed by atoms with Crippen molar-refractivity contribution in [1.82, 2.24) is 20.4 Å². The molecule has 0 saturated carbocycles. The van der Waals surface area contributed by atoms with E-state index in [0.29, 0.717) is 12.2 Å². The van der Waals surface area contributed by atoms with E-state index in [2.05, 4.69) is 25.7 Å². The molecule has 0 atom stereocenters. The van der Waals surface area contributed by atoms with Crippen LogP contribution in [0.15, 0.2) is 24.4 Å². The van der Waals surface area contributed by atoms with E-state index in [1.54, 1.807) is 12.3 Å². The number of rotatable bonds is 3. The summed E-state index contributed by atoms with van der Waals surface area (Å²) >= 11 is 11.5.